The molecule has 0 heterocycles. The van der Waals surface area contributed by atoms with Crippen LogP contribution in [0.5, 0.6) is 0 Å². The molecule has 0 fully saturated rings. The summed E-state index contributed by atoms with van der Waals surface area (Å²) in [6, 6.07) is 0. The van der Waals surface area contributed by atoms with Crippen LogP contribution in [0.15, 0.2) is 29.0 Å². The number of carbonyl (C=O) groups excluding carboxylic acids is 2. The van der Waals surface area contributed by atoms with Gasteiger partial charge in [-0.15, -0.1) is 6.58 Å². The fourth-order valence-corrected chi connectivity index (χ4v) is 1.94. The van der Waals surface area contributed by atoms with Gasteiger partial charge in [-0.1, -0.05) is 6.08 Å². The minimum absolute atomic E-state index is 0.0731. The number of nitrogens with zero attached hydrogens (tertiary/aromatic N) is 1. The van der Waals surface area contributed by atoms with Crippen molar-refractivity contribution in [3.8, 4) is 0 Å². The average Bonchev–Trinajstić information content (AvgIpc) is 2.40. The summed E-state index contributed by atoms with van der Waals surface area (Å²) in [6.45, 7) is 3.91. The van der Waals surface area contributed by atoms with Gasteiger partial charge in [0.25, 0.3) is 0 Å². The average molecular weight is 265 g/mol. The molecule has 1 aliphatic rings. The Balaban J connectivity index is 2.93. The van der Waals surface area contributed by atoms with Crippen LogP contribution in [0.3, 0.4) is 0 Å². The molecule has 0 saturated carbocycles. The van der Waals surface area contributed by atoms with Crippen molar-refractivity contribution in [2.75, 3.05) is 13.7 Å². The molecule has 0 saturated heterocycles. The number of hydrogen-bond acceptors (Lipinski definition) is 5. The van der Waals surface area contributed by atoms with E-state index in [4.69, 9.17) is 0 Å². The second-order valence-electron chi connectivity index (χ2n) is 4.25. The summed E-state index contributed by atoms with van der Waals surface area (Å²) in [5.74, 6) is -0.407. The summed E-state index contributed by atoms with van der Waals surface area (Å²) in [4.78, 5) is 27.3. The summed E-state index contributed by atoms with van der Waals surface area (Å²) in [7, 11) is 1.31. The molecular weight excluding hydrogens is 246 g/mol. The van der Waals surface area contributed by atoms with Crippen molar-refractivity contribution in [2.45, 2.75) is 32.1 Å². The molecule has 1 aliphatic carbocycles. The van der Waals surface area contributed by atoms with E-state index in [2.05, 4.69) is 16.3 Å². The predicted octanol–water partition coefficient (Wildman–Crippen LogP) is 2.13. The maximum absolute atomic E-state index is 11.9. The Labute approximate surface area is 112 Å². The van der Waals surface area contributed by atoms with Crippen LogP contribution in [0, 0.1) is 0 Å². The van der Waals surface area contributed by atoms with Gasteiger partial charge in [0.15, 0.2) is 5.78 Å². The van der Waals surface area contributed by atoms with Gasteiger partial charge in [0.1, 0.15) is 5.76 Å². The number of aliphatic hydroxyl groups is 1. The second kappa shape index (κ2) is 7.51. The fraction of sp³-hybridized carbons (Fsp3) is 0.500. The Morgan fingerprint density at radius 1 is 1.47 bits per heavy atom. The van der Waals surface area contributed by atoms with Crippen molar-refractivity contribution < 1.29 is 19.4 Å². The highest BCUT2D eigenvalue weighted by atomic mass is 16.5. The number of aliphatic hydroxyl groups excluding tert-OH is 1. The van der Waals surface area contributed by atoms with Crippen molar-refractivity contribution in [1.29, 1.82) is 0 Å². The molecule has 1 rings (SSSR count). The van der Waals surface area contributed by atoms with Crippen molar-refractivity contribution in [2.24, 2.45) is 4.99 Å². The minimum atomic E-state index is -0.366. The zero-order chi connectivity index (χ0) is 14.3. The molecule has 1 N–H and O–H groups in total. The number of rotatable bonds is 6. The van der Waals surface area contributed by atoms with Crippen molar-refractivity contribution in [3.63, 3.8) is 0 Å². The van der Waals surface area contributed by atoms with Crippen molar-refractivity contribution in [1.82, 2.24) is 0 Å². The van der Waals surface area contributed by atoms with Gasteiger partial charge in [0, 0.05) is 25.0 Å². The number of allylic oxidation sites excluding steroid dienone is 2. The van der Waals surface area contributed by atoms with Crippen LogP contribution in [0.4, 0.5) is 0 Å². The highest BCUT2D eigenvalue weighted by molar-refractivity contribution is 6.23. The number of carbonyl (C=O) groups is 2. The molecule has 0 amide bonds. The molecule has 5 heteroatoms. The van der Waals surface area contributed by atoms with Crippen LogP contribution in [0.25, 0.3) is 0 Å². The number of aliphatic imine (C=N–C) groups is 1. The van der Waals surface area contributed by atoms with Gasteiger partial charge in [-0.25, -0.2) is 0 Å². The molecule has 104 valence electrons. The van der Waals surface area contributed by atoms with Crippen molar-refractivity contribution in [3.05, 3.63) is 24.0 Å². The third kappa shape index (κ3) is 4.35. The third-order valence-corrected chi connectivity index (χ3v) is 2.88. The first-order valence-corrected chi connectivity index (χ1v) is 6.26. The number of hydrogen-bond donors (Lipinski definition) is 1. The number of methoxy groups -OCH3 is 1. The molecule has 0 atom stereocenters. The molecule has 0 aromatic heterocycles. The van der Waals surface area contributed by atoms with E-state index < -0.39 is 0 Å². The van der Waals surface area contributed by atoms with E-state index >= 15 is 0 Å². The lowest BCUT2D eigenvalue weighted by Gasteiger charge is -2.16. The van der Waals surface area contributed by atoms with Crippen LogP contribution in [-0.2, 0) is 14.3 Å². The van der Waals surface area contributed by atoms with Crippen LogP contribution in [-0.4, -0.2) is 36.2 Å². The van der Waals surface area contributed by atoms with Gasteiger partial charge in [-0.05, 0) is 6.42 Å². The topological polar surface area (TPSA) is 76.0 Å². The molecule has 0 unspecified atom stereocenters. The smallest absolute Gasteiger partial charge is 0.305 e. The third-order valence-electron chi connectivity index (χ3n) is 2.88. The molecule has 0 aromatic rings. The van der Waals surface area contributed by atoms with Gasteiger partial charge < -0.3 is 9.84 Å². The second-order valence-corrected chi connectivity index (χ2v) is 4.25. The zero-order valence-electron chi connectivity index (χ0n) is 11.1. The van der Waals surface area contributed by atoms with Crippen molar-refractivity contribution >= 4 is 17.5 Å². The SMILES string of the molecule is C=CCN=C(CCC(=O)OC)C1=C(O)CCCC1=O. The van der Waals surface area contributed by atoms with Crippen LogP contribution >= 0.6 is 0 Å². The maximum atomic E-state index is 11.9. The molecular formula is C14H19NO4. The first-order chi connectivity index (χ1) is 9.10. The molecule has 0 aromatic carbocycles. The molecule has 0 aliphatic heterocycles. The maximum Gasteiger partial charge on any atom is 0.305 e. The highest BCUT2D eigenvalue weighted by Gasteiger charge is 2.24. The van der Waals surface area contributed by atoms with Gasteiger partial charge in [0.2, 0.25) is 0 Å². The molecule has 0 radical (unpaired) electrons. The van der Waals surface area contributed by atoms with Gasteiger partial charge in [-0.3, -0.25) is 14.6 Å². The molecule has 19 heavy (non-hydrogen) atoms. The number of Topliss-reactive ketones (excluding diaryl/α,β-unsaturated/α-hetero) is 1. The number of ether oxygens (including phenoxy) is 1. The van der Waals surface area contributed by atoms with E-state index in [1.165, 1.54) is 7.11 Å². The number of esters is 1. The van der Waals surface area contributed by atoms with Gasteiger partial charge in [-0.2, -0.15) is 0 Å². The Hall–Kier alpha value is -1.91. The molecule has 5 nitrogen and oxygen atoms in total. The molecule has 0 spiro atoms. The lowest BCUT2D eigenvalue weighted by atomic mass is 9.91. The Kier molecular flexibility index (Phi) is 5.99. The number of ketones is 1. The zero-order valence-corrected chi connectivity index (χ0v) is 11.1. The van der Waals surface area contributed by atoms with E-state index in [-0.39, 0.29) is 35.9 Å². The summed E-state index contributed by atoms with van der Waals surface area (Å²) >= 11 is 0. The van der Waals surface area contributed by atoms with Gasteiger partial charge >= 0.3 is 5.97 Å². The summed E-state index contributed by atoms with van der Waals surface area (Å²) in [5, 5.41) is 9.87. The van der Waals surface area contributed by atoms with Crippen LogP contribution < -0.4 is 0 Å². The van der Waals surface area contributed by atoms with Gasteiger partial charge in [0.05, 0.1) is 25.6 Å². The first kappa shape index (κ1) is 15.1. The lowest BCUT2D eigenvalue weighted by Crippen LogP contribution is -2.21. The fourth-order valence-electron chi connectivity index (χ4n) is 1.94. The predicted molar refractivity (Wildman–Crippen MR) is 72.3 cm³/mol. The van der Waals surface area contributed by atoms with E-state index in [1.54, 1.807) is 6.08 Å². The quantitative estimate of drug-likeness (QED) is 0.453. The molecule has 0 bridgehead atoms. The van der Waals surface area contributed by atoms with E-state index in [1.807, 2.05) is 0 Å². The Morgan fingerprint density at radius 3 is 2.79 bits per heavy atom. The van der Waals surface area contributed by atoms with Crippen LogP contribution in [0.1, 0.15) is 32.1 Å². The monoisotopic (exact) mass is 265 g/mol. The first-order valence-electron chi connectivity index (χ1n) is 6.26. The summed E-state index contributed by atoms with van der Waals surface area (Å²) in [6.07, 6.45) is 3.56. The summed E-state index contributed by atoms with van der Waals surface area (Å²) in [5.41, 5.74) is 0.740. The van der Waals surface area contributed by atoms with E-state index in [9.17, 15) is 14.7 Å². The minimum Gasteiger partial charge on any atom is -0.511 e. The Bertz CT molecular complexity index is 435. The van der Waals surface area contributed by atoms with E-state index in [0.717, 1.165) is 0 Å². The lowest BCUT2D eigenvalue weighted by molar-refractivity contribution is -0.140. The van der Waals surface area contributed by atoms with E-state index in [0.29, 0.717) is 31.5 Å². The highest BCUT2D eigenvalue weighted by Crippen LogP contribution is 2.23. The largest absolute Gasteiger partial charge is 0.511 e. The van der Waals surface area contributed by atoms with Crippen LogP contribution in [0.2, 0.25) is 0 Å². The standard InChI is InChI=1S/C14H19NO4/c1-3-9-15-10(7-8-13(18)19-2)14-11(16)5-4-6-12(14)17/h3,16H,1,4-9H2,2H3. The Morgan fingerprint density at radius 2 is 2.21 bits per heavy atom. The summed E-state index contributed by atoms with van der Waals surface area (Å²) < 4.78 is 4.57. The normalized spacial score (nSPS) is 16.5.